The summed E-state index contributed by atoms with van der Waals surface area (Å²) in [4.78, 5) is 25.3. The van der Waals surface area contributed by atoms with E-state index >= 15 is 0 Å². The van der Waals surface area contributed by atoms with Crippen molar-refractivity contribution in [3.8, 4) is 0 Å². The molecule has 21 heavy (non-hydrogen) atoms. The van der Waals surface area contributed by atoms with E-state index in [1.807, 2.05) is 4.90 Å². The van der Waals surface area contributed by atoms with Crippen LogP contribution in [0.15, 0.2) is 0 Å². The Kier molecular flexibility index (Phi) is 7.46. The summed E-state index contributed by atoms with van der Waals surface area (Å²) in [5, 5.41) is 12.3. The summed E-state index contributed by atoms with van der Waals surface area (Å²) < 4.78 is 0. The van der Waals surface area contributed by atoms with Crippen LogP contribution in [-0.2, 0) is 9.59 Å². The average Bonchev–Trinajstić information content (AvgIpc) is 2.78. The van der Waals surface area contributed by atoms with Crippen molar-refractivity contribution in [2.75, 3.05) is 13.1 Å². The van der Waals surface area contributed by atoms with Gasteiger partial charge in [0.05, 0.1) is 6.54 Å². The Bertz CT molecular complexity index is 365. The molecule has 1 aliphatic carbocycles. The molecule has 0 spiro atoms. The van der Waals surface area contributed by atoms with Gasteiger partial charge in [-0.3, -0.25) is 14.5 Å². The van der Waals surface area contributed by atoms with Gasteiger partial charge < -0.3 is 10.4 Å². The van der Waals surface area contributed by atoms with Crippen LogP contribution in [0.3, 0.4) is 0 Å². The minimum absolute atomic E-state index is 0. The number of nitrogens with one attached hydrogen (secondary N) is 1. The maximum atomic E-state index is 12.0. The van der Waals surface area contributed by atoms with Crippen LogP contribution in [0, 0.1) is 5.92 Å². The fourth-order valence-corrected chi connectivity index (χ4v) is 3.65. The summed E-state index contributed by atoms with van der Waals surface area (Å²) in [7, 11) is 0. The number of carbonyl (C=O) groups is 2. The summed E-state index contributed by atoms with van der Waals surface area (Å²) in [6.07, 6.45) is 7.24. The molecule has 0 aromatic rings. The number of nitrogens with zero attached hydrogens (tertiary/aromatic N) is 1. The van der Waals surface area contributed by atoms with Crippen LogP contribution in [0.25, 0.3) is 0 Å². The summed E-state index contributed by atoms with van der Waals surface area (Å²) >= 11 is 0. The molecule has 0 bridgehead atoms. The van der Waals surface area contributed by atoms with Gasteiger partial charge in [0.1, 0.15) is 6.04 Å². The van der Waals surface area contributed by atoms with E-state index in [1.165, 1.54) is 6.42 Å². The highest BCUT2D eigenvalue weighted by Crippen LogP contribution is 2.39. The summed E-state index contributed by atoms with van der Waals surface area (Å²) in [6, 6.07) is -0.179. The predicted octanol–water partition coefficient (Wildman–Crippen LogP) is 2.04. The molecule has 1 amide bonds. The second kappa shape index (κ2) is 8.59. The fourth-order valence-electron chi connectivity index (χ4n) is 3.65. The van der Waals surface area contributed by atoms with Gasteiger partial charge in [-0.1, -0.05) is 26.2 Å². The summed E-state index contributed by atoms with van der Waals surface area (Å²) in [5.74, 6) is -0.343. The van der Waals surface area contributed by atoms with Gasteiger partial charge >= 0.3 is 5.97 Å². The lowest BCUT2D eigenvalue weighted by Gasteiger charge is -2.32. The van der Waals surface area contributed by atoms with Crippen molar-refractivity contribution in [1.82, 2.24) is 10.2 Å². The van der Waals surface area contributed by atoms with E-state index in [0.717, 1.165) is 32.1 Å². The standard InChI is InChI=1S/C15H26N2O3.ClH/c1-2-3-8-16-14(18)10-17-12-7-5-4-6-11(12)9-13(17)15(19)20;/h11-13H,2-10H2,1H3,(H,16,18)(H,19,20);1H. The maximum absolute atomic E-state index is 12.0. The normalized spacial score (nSPS) is 28.5. The Labute approximate surface area is 132 Å². The van der Waals surface area contributed by atoms with E-state index in [9.17, 15) is 14.7 Å². The lowest BCUT2D eigenvalue weighted by molar-refractivity contribution is -0.143. The molecule has 0 aromatic heterocycles. The van der Waals surface area contributed by atoms with Crippen LogP contribution in [0.2, 0.25) is 0 Å². The van der Waals surface area contributed by atoms with Gasteiger partial charge in [0.15, 0.2) is 0 Å². The molecule has 3 atom stereocenters. The third kappa shape index (κ3) is 4.58. The number of carboxylic acids is 1. The highest BCUT2D eigenvalue weighted by molar-refractivity contribution is 5.85. The molecule has 1 saturated carbocycles. The topological polar surface area (TPSA) is 69.6 Å². The molecule has 0 aromatic carbocycles. The highest BCUT2D eigenvalue weighted by Gasteiger charge is 2.45. The fraction of sp³-hybridized carbons (Fsp3) is 0.867. The first-order valence-electron chi connectivity index (χ1n) is 7.88. The number of fused-ring (bicyclic) bond motifs is 1. The highest BCUT2D eigenvalue weighted by atomic mass is 35.5. The van der Waals surface area contributed by atoms with Crippen molar-refractivity contribution in [2.24, 2.45) is 5.92 Å². The maximum Gasteiger partial charge on any atom is 0.320 e. The summed E-state index contributed by atoms with van der Waals surface area (Å²) in [5.41, 5.74) is 0. The number of unbranched alkanes of at least 4 members (excludes halogenated alkanes) is 1. The van der Waals surface area contributed by atoms with Gasteiger partial charge in [0.25, 0.3) is 0 Å². The van der Waals surface area contributed by atoms with E-state index in [0.29, 0.717) is 24.9 Å². The van der Waals surface area contributed by atoms with E-state index in [1.54, 1.807) is 0 Å². The van der Waals surface area contributed by atoms with Crippen LogP contribution in [0.4, 0.5) is 0 Å². The Morgan fingerprint density at radius 3 is 2.67 bits per heavy atom. The molecule has 2 rings (SSSR count). The van der Waals surface area contributed by atoms with Crippen molar-refractivity contribution in [2.45, 2.75) is 64.0 Å². The smallest absolute Gasteiger partial charge is 0.320 e. The van der Waals surface area contributed by atoms with Crippen LogP contribution >= 0.6 is 12.4 Å². The first-order chi connectivity index (χ1) is 9.63. The SMILES string of the molecule is CCCCNC(=O)CN1C(C(=O)O)CC2CCCCC21.Cl. The van der Waals surface area contributed by atoms with E-state index in [2.05, 4.69) is 12.2 Å². The molecule has 5 nitrogen and oxygen atoms in total. The average molecular weight is 319 g/mol. The molecule has 6 heteroatoms. The van der Waals surface area contributed by atoms with Gasteiger partial charge in [-0.05, 0) is 31.6 Å². The molecule has 1 saturated heterocycles. The lowest BCUT2D eigenvalue weighted by atomic mass is 9.85. The van der Waals surface area contributed by atoms with Crippen LogP contribution < -0.4 is 5.32 Å². The lowest BCUT2D eigenvalue weighted by Crippen LogP contribution is -2.47. The second-order valence-corrected chi connectivity index (χ2v) is 6.08. The van der Waals surface area contributed by atoms with E-state index in [4.69, 9.17) is 0 Å². The Balaban J connectivity index is 0.00000220. The van der Waals surface area contributed by atoms with Crippen LogP contribution in [0.1, 0.15) is 51.9 Å². The number of rotatable bonds is 6. The second-order valence-electron chi connectivity index (χ2n) is 6.08. The number of likely N-dealkylation sites (tertiary alicyclic amines) is 1. The molecule has 2 N–H and O–H groups in total. The van der Waals surface area contributed by atoms with Gasteiger partial charge in [0, 0.05) is 12.6 Å². The van der Waals surface area contributed by atoms with E-state index in [-0.39, 0.29) is 24.9 Å². The number of halogens is 1. The Morgan fingerprint density at radius 2 is 2.00 bits per heavy atom. The van der Waals surface area contributed by atoms with Crippen molar-refractivity contribution in [1.29, 1.82) is 0 Å². The quantitative estimate of drug-likeness (QED) is 0.735. The molecular formula is C15H27ClN2O3. The zero-order chi connectivity index (χ0) is 14.5. The van der Waals surface area contributed by atoms with Gasteiger partial charge in [-0.15, -0.1) is 12.4 Å². The molecule has 2 aliphatic rings. The zero-order valence-corrected chi connectivity index (χ0v) is 13.5. The van der Waals surface area contributed by atoms with Crippen molar-refractivity contribution < 1.29 is 14.7 Å². The van der Waals surface area contributed by atoms with Crippen LogP contribution in [-0.4, -0.2) is 47.1 Å². The first kappa shape index (κ1) is 18.2. The molecule has 1 aliphatic heterocycles. The minimum atomic E-state index is -0.777. The van der Waals surface area contributed by atoms with Crippen molar-refractivity contribution >= 4 is 24.3 Å². The number of hydrogen-bond acceptors (Lipinski definition) is 3. The third-order valence-electron chi connectivity index (χ3n) is 4.69. The predicted molar refractivity (Wildman–Crippen MR) is 83.7 cm³/mol. The minimum Gasteiger partial charge on any atom is -0.480 e. The molecule has 0 radical (unpaired) electrons. The Morgan fingerprint density at radius 1 is 1.29 bits per heavy atom. The van der Waals surface area contributed by atoms with Gasteiger partial charge in [-0.2, -0.15) is 0 Å². The molecule has 1 heterocycles. The van der Waals surface area contributed by atoms with Crippen molar-refractivity contribution in [3.63, 3.8) is 0 Å². The third-order valence-corrected chi connectivity index (χ3v) is 4.69. The molecule has 3 unspecified atom stereocenters. The number of carbonyl (C=O) groups excluding carboxylic acids is 1. The number of carboxylic acid groups (broad SMARTS) is 1. The first-order valence-corrected chi connectivity index (χ1v) is 7.88. The Hall–Kier alpha value is -0.810. The monoisotopic (exact) mass is 318 g/mol. The van der Waals surface area contributed by atoms with E-state index < -0.39 is 12.0 Å². The molecule has 2 fully saturated rings. The zero-order valence-electron chi connectivity index (χ0n) is 12.7. The number of hydrogen-bond donors (Lipinski definition) is 2. The molecular weight excluding hydrogens is 292 g/mol. The van der Waals surface area contributed by atoms with Gasteiger partial charge in [0.2, 0.25) is 5.91 Å². The molecule has 122 valence electrons. The van der Waals surface area contributed by atoms with Crippen molar-refractivity contribution in [3.05, 3.63) is 0 Å². The van der Waals surface area contributed by atoms with Gasteiger partial charge in [-0.25, -0.2) is 0 Å². The largest absolute Gasteiger partial charge is 0.480 e. The summed E-state index contributed by atoms with van der Waals surface area (Å²) in [6.45, 7) is 3.01. The number of amides is 1. The number of aliphatic carboxylic acids is 1. The van der Waals surface area contributed by atoms with Crippen LogP contribution in [0.5, 0.6) is 0 Å².